The van der Waals surface area contributed by atoms with Gasteiger partial charge in [0.25, 0.3) is 0 Å². The van der Waals surface area contributed by atoms with Crippen LogP contribution in [0, 0.1) is 5.41 Å². The molecule has 0 spiro atoms. The van der Waals surface area contributed by atoms with Crippen LogP contribution in [0.3, 0.4) is 0 Å². The first-order valence-corrected chi connectivity index (χ1v) is 10.3. The number of nitrogens with one attached hydrogen (secondary N) is 2. The fraction of sp³-hybridized carbons (Fsp3) is 0.900. The highest BCUT2D eigenvalue weighted by Crippen LogP contribution is 2.39. The summed E-state index contributed by atoms with van der Waals surface area (Å²) in [5.41, 5.74) is -0.362. The minimum Gasteiger partial charge on any atom is -0.444 e. The first-order chi connectivity index (χ1) is 12.7. The van der Waals surface area contributed by atoms with Crippen LogP contribution in [0.5, 0.6) is 0 Å². The highest BCUT2D eigenvalue weighted by Gasteiger charge is 2.31. The number of rotatable bonds is 8. The average Bonchev–Trinajstić information content (AvgIpc) is 2.59. The normalized spacial score (nSPS) is 17.3. The zero-order valence-electron chi connectivity index (χ0n) is 17.9. The second-order valence-corrected chi connectivity index (χ2v) is 8.56. The van der Waals surface area contributed by atoms with E-state index in [2.05, 4.69) is 10.6 Å². The first kappa shape index (κ1) is 23.5. The minimum atomic E-state index is -0.490. The number of aliphatic hydroxyl groups excluding tert-OH is 1. The summed E-state index contributed by atoms with van der Waals surface area (Å²) in [7, 11) is 1.73. The van der Waals surface area contributed by atoms with Gasteiger partial charge in [-0.25, -0.2) is 4.79 Å². The van der Waals surface area contributed by atoms with E-state index in [0.29, 0.717) is 13.1 Å². The van der Waals surface area contributed by atoms with Crippen LogP contribution in [-0.4, -0.2) is 67.5 Å². The van der Waals surface area contributed by atoms with Gasteiger partial charge in [-0.05, 0) is 52.4 Å². The number of aliphatic imine (C=N–C) groups is 1. The monoisotopic (exact) mass is 384 g/mol. The molecule has 0 aliphatic heterocycles. The van der Waals surface area contributed by atoms with Crippen LogP contribution in [0.15, 0.2) is 4.99 Å². The van der Waals surface area contributed by atoms with E-state index in [9.17, 15) is 9.90 Å². The number of guanidine groups is 1. The maximum atomic E-state index is 12.0. The maximum absolute atomic E-state index is 12.0. The first-order valence-electron chi connectivity index (χ1n) is 10.3. The lowest BCUT2D eigenvalue weighted by Crippen LogP contribution is -2.43. The van der Waals surface area contributed by atoms with E-state index in [-0.39, 0.29) is 18.1 Å². The van der Waals surface area contributed by atoms with E-state index in [1.165, 1.54) is 19.3 Å². The molecule has 0 heterocycles. The van der Waals surface area contributed by atoms with E-state index < -0.39 is 5.60 Å². The molecule has 0 bridgehead atoms. The van der Waals surface area contributed by atoms with E-state index >= 15 is 0 Å². The number of carbonyl (C=O) groups excluding carboxylic acids is 1. The Morgan fingerprint density at radius 3 is 2.44 bits per heavy atom. The third kappa shape index (κ3) is 9.31. The molecule has 0 atom stereocenters. The summed E-state index contributed by atoms with van der Waals surface area (Å²) < 4.78 is 5.36. The molecule has 0 aromatic heterocycles. The molecule has 0 unspecified atom stereocenters. The molecular weight excluding hydrogens is 344 g/mol. The molecule has 1 aliphatic carbocycles. The van der Waals surface area contributed by atoms with Crippen LogP contribution in [0.4, 0.5) is 4.79 Å². The molecule has 27 heavy (non-hydrogen) atoms. The second kappa shape index (κ2) is 11.4. The molecule has 1 aliphatic rings. The summed E-state index contributed by atoms with van der Waals surface area (Å²) in [4.78, 5) is 18.4. The van der Waals surface area contributed by atoms with Crippen LogP contribution in [-0.2, 0) is 4.74 Å². The Hall–Kier alpha value is -1.50. The third-order valence-electron chi connectivity index (χ3n) is 4.92. The summed E-state index contributed by atoms with van der Waals surface area (Å²) in [5.74, 6) is 0.762. The van der Waals surface area contributed by atoms with Crippen LogP contribution >= 0.6 is 0 Å². The molecule has 0 aromatic carbocycles. The molecule has 0 aromatic rings. The second-order valence-electron chi connectivity index (χ2n) is 8.56. The van der Waals surface area contributed by atoms with Gasteiger partial charge in [0.2, 0.25) is 0 Å². The molecule has 7 nitrogen and oxygen atoms in total. The number of ether oxygens (including phenoxy) is 1. The molecule has 1 fully saturated rings. The van der Waals surface area contributed by atoms with Crippen LogP contribution in [0.1, 0.15) is 66.2 Å². The van der Waals surface area contributed by atoms with Gasteiger partial charge in [0.15, 0.2) is 5.96 Å². The molecule has 0 saturated heterocycles. The van der Waals surface area contributed by atoms with Gasteiger partial charge in [0.05, 0.1) is 0 Å². The van der Waals surface area contributed by atoms with E-state index in [1.54, 1.807) is 11.9 Å². The van der Waals surface area contributed by atoms with Gasteiger partial charge in [-0.15, -0.1) is 0 Å². The molecule has 158 valence electrons. The molecule has 1 rings (SSSR count). The third-order valence-corrected chi connectivity index (χ3v) is 4.92. The Morgan fingerprint density at radius 1 is 1.22 bits per heavy atom. The molecule has 0 radical (unpaired) electrons. The molecule has 7 heteroatoms. The standard InChI is InChI=1S/C20H40N4O3/c1-6-21-17(22-13-14-24(5)18(26)27-19(2,3)4)23-16-20(12-15-25)10-8-7-9-11-20/h25H,6-16H2,1-5H3,(H2,21,22,23). The Kier molecular flexibility index (Phi) is 9.91. The fourth-order valence-electron chi connectivity index (χ4n) is 3.39. The van der Waals surface area contributed by atoms with E-state index in [1.807, 2.05) is 27.7 Å². The summed E-state index contributed by atoms with van der Waals surface area (Å²) in [6.07, 6.45) is 6.50. The number of carbonyl (C=O) groups is 1. The van der Waals surface area contributed by atoms with Crippen molar-refractivity contribution in [2.24, 2.45) is 10.4 Å². The van der Waals surface area contributed by atoms with Gasteiger partial charge < -0.3 is 25.4 Å². The number of hydrogen-bond acceptors (Lipinski definition) is 4. The number of nitrogens with zero attached hydrogens (tertiary/aromatic N) is 2. The van der Waals surface area contributed by atoms with Crippen LogP contribution in [0.2, 0.25) is 0 Å². The SMILES string of the molecule is CCNC(=NCC1(CCO)CCCCC1)NCCN(C)C(=O)OC(C)(C)C. The zero-order valence-corrected chi connectivity index (χ0v) is 17.9. The number of hydrogen-bond donors (Lipinski definition) is 3. The summed E-state index contributed by atoms with van der Waals surface area (Å²) in [6.45, 7) is 10.5. The van der Waals surface area contributed by atoms with E-state index in [4.69, 9.17) is 9.73 Å². The topological polar surface area (TPSA) is 86.2 Å². The lowest BCUT2D eigenvalue weighted by Gasteiger charge is -2.35. The highest BCUT2D eigenvalue weighted by atomic mass is 16.6. The van der Waals surface area contributed by atoms with Crippen molar-refractivity contribution >= 4 is 12.1 Å². The van der Waals surface area contributed by atoms with Crippen molar-refractivity contribution in [1.82, 2.24) is 15.5 Å². The van der Waals surface area contributed by atoms with Gasteiger partial charge >= 0.3 is 6.09 Å². The number of likely N-dealkylation sites (N-methyl/N-ethyl adjacent to an activating group) is 1. The van der Waals surface area contributed by atoms with E-state index in [0.717, 1.165) is 38.3 Å². The Bertz CT molecular complexity index is 463. The molecular formula is C20H40N4O3. The molecule has 3 N–H and O–H groups in total. The van der Waals surface area contributed by atoms with Crippen molar-refractivity contribution in [3.8, 4) is 0 Å². The Labute approximate surface area is 164 Å². The lowest BCUT2D eigenvalue weighted by molar-refractivity contribution is 0.0302. The van der Waals surface area contributed by atoms with Gasteiger partial charge in [-0.3, -0.25) is 4.99 Å². The molecule has 1 saturated carbocycles. The Morgan fingerprint density at radius 2 is 1.89 bits per heavy atom. The van der Waals surface area contributed by atoms with Gasteiger partial charge in [0.1, 0.15) is 5.60 Å². The minimum absolute atomic E-state index is 0.128. The average molecular weight is 385 g/mol. The van der Waals surface area contributed by atoms with Crippen molar-refractivity contribution in [2.45, 2.75) is 71.8 Å². The van der Waals surface area contributed by atoms with Crippen molar-refractivity contribution in [2.75, 3.05) is 39.8 Å². The van der Waals surface area contributed by atoms with Crippen LogP contribution < -0.4 is 10.6 Å². The maximum Gasteiger partial charge on any atom is 0.410 e. The molecule has 1 amide bonds. The van der Waals surface area contributed by atoms with Crippen molar-refractivity contribution in [3.05, 3.63) is 0 Å². The van der Waals surface area contributed by atoms with Gasteiger partial charge in [-0.1, -0.05) is 19.3 Å². The Balaban J connectivity index is 2.54. The van der Waals surface area contributed by atoms with Gasteiger partial charge in [0, 0.05) is 39.8 Å². The van der Waals surface area contributed by atoms with Gasteiger partial charge in [-0.2, -0.15) is 0 Å². The van der Waals surface area contributed by atoms with Crippen molar-refractivity contribution in [3.63, 3.8) is 0 Å². The van der Waals surface area contributed by atoms with Crippen molar-refractivity contribution in [1.29, 1.82) is 0 Å². The van der Waals surface area contributed by atoms with Crippen molar-refractivity contribution < 1.29 is 14.6 Å². The quantitative estimate of drug-likeness (QED) is 0.442. The van der Waals surface area contributed by atoms with Crippen LogP contribution in [0.25, 0.3) is 0 Å². The number of amides is 1. The lowest BCUT2D eigenvalue weighted by atomic mass is 9.72. The fourth-order valence-corrected chi connectivity index (χ4v) is 3.39. The smallest absolute Gasteiger partial charge is 0.410 e. The largest absolute Gasteiger partial charge is 0.444 e. The summed E-state index contributed by atoms with van der Waals surface area (Å²) in [5, 5.41) is 16.0. The highest BCUT2D eigenvalue weighted by molar-refractivity contribution is 5.79. The number of aliphatic hydroxyl groups is 1. The predicted octanol–water partition coefficient (Wildman–Crippen LogP) is 2.74. The summed E-state index contributed by atoms with van der Waals surface area (Å²) in [6, 6.07) is 0. The summed E-state index contributed by atoms with van der Waals surface area (Å²) >= 11 is 0. The zero-order chi connectivity index (χ0) is 20.3. The predicted molar refractivity (Wildman–Crippen MR) is 110 cm³/mol.